The summed E-state index contributed by atoms with van der Waals surface area (Å²) in [7, 11) is 5.20. The minimum absolute atomic E-state index is 0.0513. The van der Waals surface area contributed by atoms with Crippen LogP contribution >= 0.6 is 0 Å². The van der Waals surface area contributed by atoms with Gasteiger partial charge < -0.3 is 73.8 Å². The van der Waals surface area contributed by atoms with E-state index in [1.807, 2.05) is 109 Å². The molecule has 0 radical (unpaired) electrons. The number of likely N-dealkylation sites (N-methyl/N-ethyl adjacent to an activating group) is 1. The number of rotatable bonds is 17. The fourth-order valence-electron chi connectivity index (χ4n) is 16.1. The van der Waals surface area contributed by atoms with Crippen LogP contribution in [-0.4, -0.2) is 236 Å². The molecule has 0 aliphatic carbocycles. The molecular weight excluding hydrogens is 1310 g/mol. The van der Waals surface area contributed by atoms with Crippen molar-refractivity contribution in [2.24, 2.45) is 0 Å². The van der Waals surface area contributed by atoms with Crippen molar-refractivity contribution in [2.75, 3.05) is 136 Å². The Morgan fingerprint density at radius 1 is 0.515 bits per heavy atom. The Labute approximate surface area is 596 Å². The van der Waals surface area contributed by atoms with Gasteiger partial charge in [0, 0.05) is 120 Å². The molecule has 6 aromatic heterocycles. The number of ether oxygens (including phenoxy) is 6. The second kappa shape index (κ2) is 27.7. The highest BCUT2D eigenvalue weighted by atomic mass is 16.5. The van der Waals surface area contributed by atoms with E-state index in [2.05, 4.69) is 67.3 Å². The average Bonchev–Trinajstić information content (AvgIpc) is 1.44. The summed E-state index contributed by atoms with van der Waals surface area (Å²) in [5.74, 6) is 3.41. The molecule has 3 N–H and O–H groups in total. The number of carbonyl (C=O) groups excluding carboxylic acids is 3. The maximum Gasteiger partial charge on any atom is 0.251 e. The van der Waals surface area contributed by atoms with Crippen LogP contribution in [0.15, 0.2) is 109 Å². The van der Waals surface area contributed by atoms with Crippen LogP contribution in [0.25, 0.3) is 66.9 Å². The van der Waals surface area contributed by atoms with E-state index in [-0.39, 0.29) is 84.7 Å². The monoisotopic (exact) mass is 1390 g/mol. The van der Waals surface area contributed by atoms with Gasteiger partial charge in [-0.05, 0) is 119 Å². The van der Waals surface area contributed by atoms with Crippen LogP contribution in [-0.2, 0) is 28.4 Å². The summed E-state index contributed by atoms with van der Waals surface area (Å²) < 4.78 is 36.9. The van der Waals surface area contributed by atoms with Gasteiger partial charge in [0.25, 0.3) is 17.7 Å². The largest absolute Gasteiger partial charge is 0.383 e. The lowest BCUT2D eigenvalue weighted by molar-refractivity contribution is -0.00571. The number of hydrogen-bond acceptors (Lipinski definition) is 24. The standard InChI is InChI=1S/C76H84N18O9/c1-42-41-99-27-25-94(42)76-85-67-57(70(88-76)90-35-51-16-17-52(36-90)101-51)20-23-60(80-67)47-12-9-15-50(30-47)73(97)82-62-32-54-38-92(40-64(62)103-54)69-56-19-22-59(79-66(56)84-75(87-69)93-33-43(2)100-44(3)34-93)46-11-8-14-49(29-46)72(96)81-61-31-53-37-91(39-63(61)102-53)68-55-18-21-58(45-10-7-13-48(28-45)71(95)77-4)78-65(55)83-74(86-68)89(5)24-26-98-6/h7-15,18-23,28-30,42-44,51-54,61-64H,16-17,24-27,31-41H2,1-6H3,(H,77,95)(H,81,96)(H,82,97)/t42-,43-,44+,51?,52?,53?,54?,61?,62?,63?,64?/m0/s1. The first-order chi connectivity index (χ1) is 50.2. The maximum absolute atomic E-state index is 14.5. The Morgan fingerprint density at radius 2 is 0.990 bits per heavy atom. The van der Waals surface area contributed by atoms with E-state index in [4.69, 9.17) is 73.3 Å². The molecule has 6 bridgehead atoms. The Morgan fingerprint density at radius 3 is 1.50 bits per heavy atom. The lowest BCUT2D eigenvalue weighted by atomic mass is 10.0. The fraction of sp³-hybridized carbons (Fsp3) is 0.447. The Bertz CT molecular complexity index is 4740. The van der Waals surface area contributed by atoms with E-state index >= 15 is 0 Å². The van der Waals surface area contributed by atoms with Crippen molar-refractivity contribution >= 4 is 86.1 Å². The molecule has 11 atom stereocenters. The van der Waals surface area contributed by atoms with Crippen molar-refractivity contribution in [1.82, 2.24) is 60.8 Å². The molecule has 532 valence electrons. The first-order valence-corrected chi connectivity index (χ1v) is 36.1. The quantitative estimate of drug-likeness (QED) is 0.0835. The van der Waals surface area contributed by atoms with Gasteiger partial charge in [0.05, 0.1) is 120 Å². The molecule has 103 heavy (non-hydrogen) atoms. The number of anilines is 6. The van der Waals surface area contributed by atoms with Crippen molar-refractivity contribution in [2.45, 2.75) is 113 Å². The van der Waals surface area contributed by atoms with E-state index in [1.165, 1.54) is 0 Å². The zero-order chi connectivity index (χ0) is 70.1. The number of benzene rings is 3. The molecule has 27 heteroatoms. The van der Waals surface area contributed by atoms with Gasteiger partial charge in [-0.2, -0.15) is 29.9 Å². The fourth-order valence-corrected chi connectivity index (χ4v) is 16.1. The lowest BCUT2D eigenvalue weighted by Gasteiger charge is -2.37. The molecule has 17 rings (SSSR count). The van der Waals surface area contributed by atoms with Crippen LogP contribution in [0.3, 0.4) is 0 Å². The van der Waals surface area contributed by atoms with Gasteiger partial charge >= 0.3 is 0 Å². The SMILES string of the molecule is CNC(=O)c1cccc(-c2ccc3c(N4CC5CC(NC(=O)c6cccc(-c7ccc8c(N9CC%10CC(NC(=O)c%11cccc(-c%12ccc%13c(N%14CC%15CCC(C%14)O%15)nc(N%14CCOC[C@@H]%14C)nc%13n%12)c%11)C(C9)O%10)nc(N9C[C@@H](C)O[C@@H](C)C9)nc8n7)c6)C(C4)O5)nc(N(C)CCOC)nc3n2)c1. The van der Waals surface area contributed by atoms with Crippen molar-refractivity contribution in [3.8, 4) is 33.8 Å². The molecule has 8 unspecified atom stereocenters. The number of morpholine rings is 5. The number of carbonyl (C=O) groups is 3. The predicted octanol–water partition coefficient (Wildman–Crippen LogP) is 6.90. The minimum Gasteiger partial charge on any atom is -0.383 e. The summed E-state index contributed by atoms with van der Waals surface area (Å²) >= 11 is 0. The number of methoxy groups -OCH3 is 1. The third-order valence-electron chi connectivity index (χ3n) is 21.3. The van der Waals surface area contributed by atoms with Gasteiger partial charge in [-0.25, -0.2) is 15.0 Å². The van der Waals surface area contributed by atoms with Gasteiger partial charge in [0.1, 0.15) is 17.5 Å². The highest BCUT2D eigenvalue weighted by Crippen LogP contribution is 2.40. The van der Waals surface area contributed by atoms with E-state index in [0.29, 0.717) is 154 Å². The number of nitrogens with one attached hydrogen (secondary N) is 3. The lowest BCUT2D eigenvalue weighted by Crippen LogP contribution is -2.49. The normalized spacial score (nSPS) is 25.2. The van der Waals surface area contributed by atoms with Crippen LogP contribution in [0.2, 0.25) is 0 Å². The molecule has 0 saturated carbocycles. The Kier molecular flexibility index (Phi) is 17.8. The number of aromatic nitrogens is 9. The maximum atomic E-state index is 14.5. The molecule has 27 nitrogen and oxygen atoms in total. The zero-order valence-electron chi connectivity index (χ0n) is 58.6. The molecule has 9 aromatic rings. The van der Waals surface area contributed by atoms with Crippen molar-refractivity contribution in [1.29, 1.82) is 0 Å². The highest BCUT2D eigenvalue weighted by Gasteiger charge is 2.45. The summed E-state index contributed by atoms with van der Waals surface area (Å²) in [4.78, 5) is 101. The number of fused-ring (bicyclic) bond motifs is 9. The third kappa shape index (κ3) is 13.3. The van der Waals surface area contributed by atoms with Gasteiger partial charge in [-0.1, -0.05) is 36.4 Å². The van der Waals surface area contributed by atoms with Crippen LogP contribution in [0.1, 0.15) is 77.5 Å². The molecule has 8 aliphatic rings. The number of amides is 3. The molecule has 8 aliphatic heterocycles. The minimum atomic E-state index is -0.328. The predicted molar refractivity (Wildman–Crippen MR) is 390 cm³/mol. The van der Waals surface area contributed by atoms with E-state index in [0.717, 1.165) is 76.2 Å². The zero-order valence-corrected chi connectivity index (χ0v) is 58.6. The summed E-state index contributed by atoms with van der Waals surface area (Å²) in [6.07, 6.45) is 2.58. The van der Waals surface area contributed by atoms with E-state index < -0.39 is 0 Å². The molecular formula is C76H84N18O9. The summed E-state index contributed by atoms with van der Waals surface area (Å²) in [5, 5.41) is 11.9. The number of pyridine rings is 3. The molecule has 14 heterocycles. The van der Waals surface area contributed by atoms with Crippen molar-refractivity contribution < 1.29 is 42.8 Å². The molecule has 8 saturated heterocycles. The summed E-state index contributed by atoms with van der Waals surface area (Å²) in [6, 6.07) is 34.1. The summed E-state index contributed by atoms with van der Waals surface area (Å²) in [5.41, 5.74) is 7.54. The second-order valence-corrected chi connectivity index (χ2v) is 28.7. The first kappa shape index (κ1) is 66.3. The van der Waals surface area contributed by atoms with Gasteiger partial charge in [-0.3, -0.25) is 14.4 Å². The van der Waals surface area contributed by atoms with Gasteiger partial charge in [-0.15, -0.1) is 0 Å². The third-order valence-corrected chi connectivity index (χ3v) is 21.3. The molecule has 3 aromatic carbocycles. The second-order valence-electron chi connectivity index (χ2n) is 28.7. The molecule has 0 spiro atoms. The van der Waals surface area contributed by atoms with Gasteiger partial charge in [0.2, 0.25) is 17.8 Å². The number of hydrogen-bond donors (Lipinski definition) is 3. The summed E-state index contributed by atoms with van der Waals surface area (Å²) in [6.45, 7) is 13.9. The highest BCUT2D eigenvalue weighted by molar-refractivity contribution is 5.99. The van der Waals surface area contributed by atoms with E-state index in [1.54, 1.807) is 20.2 Å². The first-order valence-electron chi connectivity index (χ1n) is 36.1. The van der Waals surface area contributed by atoms with Crippen molar-refractivity contribution in [3.63, 3.8) is 0 Å². The molecule has 3 amide bonds. The van der Waals surface area contributed by atoms with Crippen LogP contribution < -0.4 is 45.3 Å². The average molecular weight is 1390 g/mol. The topological polar surface area (TPSA) is 278 Å². The van der Waals surface area contributed by atoms with E-state index in [9.17, 15) is 14.4 Å². The van der Waals surface area contributed by atoms with Gasteiger partial charge in [0.15, 0.2) is 16.9 Å². The Balaban J connectivity index is 0.596. The smallest absolute Gasteiger partial charge is 0.251 e. The number of nitrogens with zero attached hydrogens (tertiary/aromatic N) is 15. The Hall–Kier alpha value is -9.90. The molecule has 8 fully saturated rings. The van der Waals surface area contributed by atoms with Crippen LogP contribution in [0.5, 0.6) is 0 Å². The van der Waals surface area contributed by atoms with Crippen molar-refractivity contribution in [3.05, 3.63) is 126 Å². The van der Waals surface area contributed by atoms with Crippen LogP contribution in [0.4, 0.5) is 35.3 Å². The van der Waals surface area contributed by atoms with Crippen LogP contribution in [0, 0.1) is 0 Å².